The number of nitrogens with zero attached hydrogens (tertiary/aromatic N) is 2. The summed E-state index contributed by atoms with van der Waals surface area (Å²) in [6.45, 7) is 7.56. The third-order valence-electron chi connectivity index (χ3n) is 2.90. The Bertz CT molecular complexity index is 467. The van der Waals surface area contributed by atoms with E-state index in [9.17, 15) is 4.79 Å². The first-order chi connectivity index (χ1) is 8.28. The van der Waals surface area contributed by atoms with Crippen LogP contribution in [0, 0.1) is 6.92 Å². The van der Waals surface area contributed by atoms with Gasteiger partial charge in [0.05, 0.1) is 5.69 Å². The average molecular weight is 251 g/mol. The number of hydrogen-bond acceptors (Lipinski definition) is 4. The molecule has 1 aromatic heterocycles. The van der Waals surface area contributed by atoms with Crippen molar-refractivity contribution in [3.05, 3.63) is 11.5 Å². The molecule has 0 radical (unpaired) electrons. The van der Waals surface area contributed by atoms with Gasteiger partial charge in [-0.3, -0.25) is 4.79 Å². The maximum atomic E-state index is 11.8. The number of nitrogens with two attached hydrogens (primary N) is 1. The zero-order valence-corrected chi connectivity index (χ0v) is 11.5. The normalized spacial score (nSPS) is 15.8. The van der Waals surface area contributed by atoms with Crippen molar-refractivity contribution in [1.82, 2.24) is 9.55 Å². The van der Waals surface area contributed by atoms with Gasteiger partial charge in [-0.25, -0.2) is 4.98 Å². The number of anilines is 1. The van der Waals surface area contributed by atoms with E-state index in [4.69, 9.17) is 10.5 Å². The number of hydrogen-bond donors (Lipinski definition) is 1. The van der Waals surface area contributed by atoms with Crippen LogP contribution in [0.15, 0.2) is 0 Å². The van der Waals surface area contributed by atoms with Crippen LogP contribution in [-0.4, -0.2) is 21.1 Å². The van der Waals surface area contributed by atoms with Crippen LogP contribution in [0.5, 0.6) is 0 Å². The summed E-state index contributed by atoms with van der Waals surface area (Å²) in [4.78, 5) is 16.3. The minimum absolute atomic E-state index is 0.134. The highest BCUT2D eigenvalue weighted by Crippen LogP contribution is 2.42. The predicted octanol–water partition coefficient (Wildman–Crippen LogP) is 1.99. The van der Waals surface area contributed by atoms with Gasteiger partial charge in [0.25, 0.3) is 0 Å². The van der Waals surface area contributed by atoms with Gasteiger partial charge in [-0.05, 0) is 40.5 Å². The van der Waals surface area contributed by atoms with E-state index in [0.717, 1.165) is 24.4 Å². The second kappa shape index (κ2) is 4.30. The van der Waals surface area contributed by atoms with Crippen molar-refractivity contribution in [3.8, 4) is 0 Å². The molecule has 0 aliphatic heterocycles. The van der Waals surface area contributed by atoms with Crippen LogP contribution in [0.1, 0.15) is 51.0 Å². The molecule has 2 rings (SSSR count). The molecular formula is C13H21N3O2. The molecule has 1 aromatic rings. The molecule has 0 unspecified atom stereocenters. The summed E-state index contributed by atoms with van der Waals surface area (Å²) in [5.41, 5.74) is 6.52. The summed E-state index contributed by atoms with van der Waals surface area (Å²) in [5, 5.41) is 0. The van der Waals surface area contributed by atoms with Gasteiger partial charge in [0.2, 0.25) is 0 Å². The molecule has 18 heavy (non-hydrogen) atoms. The Balaban J connectivity index is 2.11. The van der Waals surface area contributed by atoms with Crippen LogP contribution < -0.4 is 5.73 Å². The second-order valence-corrected chi connectivity index (χ2v) is 5.88. The summed E-state index contributed by atoms with van der Waals surface area (Å²) >= 11 is 0. The molecule has 5 nitrogen and oxygen atoms in total. The number of carbonyl (C=O) groups is 1. The predicted molar refractivity (Wildman–Crippen MR) is 69.2 cm³/mol. The van der Waals surface area contributed by atoms with Crippen molar-refractivity contribution in [2.75, 3.05) is 5.73 Å². The Morgan fingerprint density at radius 2 is 2.11 bits per heavy atom. The van der Waals surface area contributed by atoms with Gasteiger partial charge in [0.15, 0.2) is 0 Å². The maximum absolute atomic E-state index is 11.8. The molecule has 0 amide bonds. The molecule has 5 heteroatoms. The van der Waals surface area contributed by atoms with Crippen LogP contribution in [0.2, 0.25) is 0 Å². The van der Waals surface area contributed by atoms with E-state index in [1.54, 1.807) is 4.57 Å². The maximum Gasteiger partial charge on any atom is 0.326 e. The molecule has 2 N–H and O–H groups in total. The summed E-state index contributed by atoms with van der Waals surface area (Å²) < 4.78 is 7.03. The van der Waals surface area contributed by atoms with Crippen molar-refractivity contribution >= 4 is 11.8 Å². The van der Waals surface area contributed by atoms with Crippen molar-refractivity contribution in [3.63, 3.8) is 0 Å². The molecule has 0 spiro atoms. The van der Waals surface area contributed by atoms with E-state index < -0.39 is 5.60 Å². The number of carbonyl (C=O) groups excluding carboxylic acids is 1. The van der Waals surface area contributed by atoms with Crippen LogP contribution in [0.25, 0.3) is 0 Å². The molecule has 0 saturated heterocycles. The molecule has 1 heterocycles. The quantitative estimate of drug-likeness (QED) is 0.834. The summed E-state index contributed by atoms with van der Waals surface area (Å²) in [7, 11) is 0. The lowest BCUT2D eigenvalue weighted by Gasteiger charge is -2.20. The number of nitrogen functional groups attached to an aromatic ring is 1. The molecule has 1 aliphatic rings. The Labute approximate surface area is 107 Å². The fourth-order valence-corrected chi connectivity index (χ4v) is 1.96. The third kappa shape index (κ3) is 2.83. The van der Waals surface area contributed by atoms with Crippen LogP contribution in [0.4, 0.5) is 5.82 Å². The van der Waals surface area contributed by atoms with Crippen molar-refractivity contribution in [1.29, 1.82) is 0 Å². The van der Waals surface area contributed by atoms with Crippen LogP contribution in [0.3, 0.4) is 0 Å². The van der Waals surface area contributed by atoms with Gasteiger partial charge in [0.1, 0.15) is 23.8 Å². The lowest BCUT2D eigenvalue weighted by atomic mass is 10.2. The van der Waals surface area contributed by atoms with E-state index in [1.807, 2.05) is 27.7 Å². The number of aryl methyl sites for hydroxylation is 1. The molecule has 0 aromatic carbocycles. The number of imidazole rings is 1. The van der Waals surface area contributed by atoms with E-state index in [1.165, 1.54) is 0 Å². The van der Waals surface area contributed by atoms with Crippen molar-refractivity contribution in [2.45, 2.75) is 58.6 Å². The zero-order chi connectivity index (χ0) is 13.5. The number of esters is 1. The number of rotatable bonds is 3. The fraction of sp³-hybridized carbons (Fsp3) is 0.692. The number of ether oxygens (including phenoxy) is 1. The van der Waals surface area contributed by atoms with Gasteiger partial charge < -0.3 is 15.0 Å². The summed E-state index contributed by atoms with van der Waals surface area (Å²) in [6, 6.07) is 0. The van der Waals surface area contributed by atoms with Crippen LogP contribution in [-0.2, 0) is 16.1 Å². The molecule has 1 fully saturated rings. The minimum Gasteiger partial charge on any atom is -0.459 e. The standard InChI is InChI=1S/C13H21N3O2/c1-8-15-11(9-5-6-9)12(14)16(8)7-10(17)18-13(2,3)4/h9H,5-7,14H2,1-4H3. The average Bonchev–Trinajstić information content (AvgIpc) is 2.98. The molecular weight excluding hydrogens is 230 g/mol. The first-order valence-corrected chi connectivity index (χ1v) is 6.32. The second-order valence-electron chi connectivity index (χ2n) is 5.88. The lowest BCUT2D eigenvalue weighted by Crippen LogP contribution is -2.27. The largest absolute Gasteiger partial charge is 0.459 e. The molecule has 0 bridgehead atoms. The first kappa shape index (κ1) is 12.9. The number of aromatic nitrogens is 2. The SMILES string of the molecule is Cc1nc(C2CC2)c(N)n1CC(=O)OC(C)(C)C. The monoisotopic (exact) mass is 251 g/mol. The highest BCUT2D eigenvalue weighted by atomic mass is 16.6. The lowest BCUT2D eigenvalue weighted by molar-refractivity contribution is -0.155. The van der Waals surface area contributed by atoms with Gasteiger partial charge in [0, 0.05) is 5.92 Å². The fourth-order valence-electron chi connectivity index (χ4n) is 1.96. The molecule has 100 valence electrons. The topological polar surface area (TPSA) is 70.1 Å². The van der Waals surface area contributed by atoms with E-state index >= 15 is 0 Å². The summed E-state index contributed by atoms with van der Waals surface area (Å²) in [5.74, 6) is 1.60. The molecule has 1 aliphatic carbocycles. The summed E-state index contributed by atoms with van der Waals surface area (Å²) in [6.07, 6.45) is 2.29. The Morgan fingerprint density at radius 1 is 1.50 bits per heavy atom. The Morgan fingerprint density at radius 3 is 2.61 bits per heavy atom. The van der Waals surface area contributed by atoms with Crippen molar-refractivity contribution < 1.29 is 9.53 Å². The van der Waals surface area contributed by atoms with Gasteiger partial charge >= 0.3 is 5.97 Å². The first-order valence-electron chi connectivity index (χ1n) is 6.32. The highest BCUT2D eigenvalue weighted by Gasteiger charge is 2.30. The van der Waals surface area contributed by atoms with Crippen molar-refractivity contribution in [2.24, 2.45) is 0 Å². The Kier molecular flexibility index (Phi) is 3.09. The Hall–Kier alpha value is -1.52. The van der Waals surface area contributed by atoms with Gasteiger partial charge in [-0.1, -0.05) is 0 Å². The van der Waals surface area contributed by atoms with E-state index in [2.05, 4.69) is 4.98 Å². The molecule has 0 atom stereocenters. The van der Waals surface area contributed by atoms with Gasteiger partial charge in [-0.15, -0.1) is 0 Å². The van der Waals surface area contributed by atoms with E-state index in [-0.39, 0.29) is 12.5 Å². The molecule has 1 saturated carbocycles. The zero-order valence-electron chi connectivity index (χ0n) is 11.5. The van der Waals surface area contributed by atoms with E-state index in [0.29, 0.717) is 11.7 Å². The minimum atomic E-state index is -0.473. The third-order valence-corrected chi connectivity index (χ3v) is 2.90. The highest BCUT2D eigenvalue weighted by molar-refractivity contribution is 5.70. The van der Waals surface area contributed by atoms with Crippen LogP contribution >= 0.6 is 0 Å². The van der Waals surface area contributed by atoms with Gasteiger partial charge in [-0.2, -0.15) is 0 Å². The smallest absolute Gasteiger partial charge is 0.326 e.